The third-order valence-corrected chi connectivity index (χ3v) is 6.94. The maximum absolute atomic E-state index is 13.1. The van der Waals surface area contributed by atoms with E-state index in [0.29, 0.717) is 44.0 Å². The van der Waals surface area contributed by atoms with E-state index in [9.17, 15) is 9.59 Å². The van der Waals surface area contributed by atoms with E-state index in [-0.39, 0.29) is 17.2 Å². The summed E-state index contributed by atoms with van der Waals surface area (Å²) in [6.45, 7) is 7.63. The molecule has 0 aliphatic carbocycles. The summed E-state index contributed by atoms with van der Waals surface area (Å²) < 4.78 is 11.6. The standard InChI is InChI=1S/C31H32N4O4/c1-20-14-23(27-10-6-22(18-33-27)30(37)35-12-13-38-19-31(35,2)3)15-24-16-26(39-29(20)24)9-8-25(36)7-4-21-5-11-28(32)34-17-21/h4-7,10-11,14-18H,8-9,12-13,19H2,1-3H3,(H2,32,34)/b7-4+. The lowest BCUT2D eigenvalue weighted by Gasteiger charge is -2.42. The lowest BCUT2D eigenvalue weighted by atomic mass is 10.0. The van der Waals surface area contributed by atoms with Crippen LogP contribution in [0.5, 0.6) is 0 Å². The lowest BCUT2D eigenvalue weighted by molar-refractivity contribution is -0.114. The number of carbonyl (C=O) groups is 2. The number of hydrogen-bond donors (Lipinski definition) is 1. The van der Waals surface area contributed by atoms with Crippen LogP contribution in [0.15, 0.2) is 65.4 Å². The van der Waals surface area contributed by atoms with Crippen molar-refractivity contribution in [3.63, 3.8) is 0 Å². The minimum absolute atomic E-state index is 0.00370. The molecule has 4 heterocycles. The maximum Gasteiger partial charge on any atom is 0.256 e. The van der Waals surface area contributed by atoms with Gasteiger partial charge in [0.25, 0.3) is 5.91 Å². The molecule has 1 aliphatic rings. The number of hydrogen-bond acceptors (Lipinski definition) is 7. The molecule has 0 atom stereocenters. The number of morpholine rings is 1. The summed E-state index contributed by atoms with van der Waals surface area (Å²) in [5, 5.41) is 0.952. The van der Waals surface area contributed by atoms with E-state index in [1.165, 1.54) is 0 Å². The Balaban J connectivity index is 1.27. The van der Waals surface area contributed by atoms with Gasteiger partial charge in [0, 0.05) is 42.7 Å². The van der Waals surface area contributed by atoms with Gasteiger partial charge in [-0.05, 0) is 86.5 Å². The van der Waals surface area contributed by atoms with Crippen molar-refractivity contribution in [1.82, 2.24) is 14.9 Å². The molecule has 3 aromatic heterocycles. The minimum Gasteiger partial charge on any atom is -0.461 e. The van der Waals surface area contributed by atoms with Crippen molar-refractivity contribution in [2.24, 2.45) is 0 Å². The Morgan fingerprint density at radius 3 is 2.67 bits per heavy atom. The molecule has 5 rings (SSSR count). The van der Waals surface area contributed by atoms with Gasteiger partial charge in [0.2, 0.25) is 0 Å². The molecule has 8 heteroatoms. The first kappa shape index (κ1) is 26.3. The number of carbonyl (C=O) groups excluding carboxylic acids is 2. The Bertz CT molecular complexity index is 1540. The number of furan rings is 1. The van der Waals surface area contributed by atoms with Gasteiger partial charge >= 0.3 is 0 Å². The molecule has 0 bridgehead atoms. The van der Waals surface area contributed by atoms with Gasteiger partial charge in [-0.15, -0.1) is 0 Å². The predicted molar refractivity (Wildman–Crippen MR) is 151 cm³/mol. The van der Waals surface area contributed by atoms with Crippen LogP contribution in [0.4, 0.5) is 5.82 Å². The highest BCUT2D eigenvalue weighted by atomic mass is 16.5. The zero-order chi connectivity index (χ0) is 27.6. The zero-order valence-electron chi connectivity index (χ0n) is 22.4. The second-order valence-electron chi connectivity index (χ2n) is 10.5. The van der Waals surface area contributed by atoms with E-state index in [2.05, 4.69) is 9.97 Å². The van der Waals surface area contributed by atoms with Gasteiger partial charge in [-0.1, -0.05) is 0 Å². The van der Waals surface area contributed by atoms with Crippen LogP contribution in [-0.4, -0.2) is 51.9 Å². The van der Waals surface area contributed by atoms with Crippen LogP contribution in [-0.2, 0) is 16.0 Å². The van der Waals surface area contributed by atoms with Crippen molar-refractivity contribution in [2.45, 2.75) is 39.2 Å². The van der Waals surface area contributed by atoms with Crippen molar-refractivity contribution in [2.75, 3.05) is 25.5 Å². The van der Waals surface area contributed by atoms with Crippen molar-refractivity contribution in [3.8, 4) is 11.3 Å². The van der Waals surface area contributed by atoms with Crippen LogP contribution in [0, 0.1) is 6.92 Å². The Kier molecular flexibility index (Phi) is 7.30. The molecule has 1 aliphatic heterocycles. The molecule has 200 valence electrons. The average molecular weight is 525 g/mol. The molecular formula is C31H32N4O4. The molecule has 1 saturated heterocycles. The second-order valence-corrected chi connectivity index (χ2v) is 10.5. The van der Waals surface area contributed by atoms with Crippen LogP contribution in [0.3, 0.4) is 0 Å². The van der Waals surface area contributed by atoms with Crippen molar-refractivity contribution < 1.29 is 18.7 Å². The quantitative estimate of drug-likeness (QED) is 0.329. The molecule has 2 N–H and O–H groups in total. The topological polar surface area (TPSA) is 112 Å². The Labute approximate surface area is 227 Å². The number of nitrogens with two attached hydrogens (primary N) is 1. The molecule has 0 radical (unpaired) electrons. The average Bonchev–Trinajstić information content (AvgIpc) is 3.35. The summed E-state index contributed by atoms with van der Waals surface area (Å²) in [6, 6.07) is 13.3. The van der Waals surface area contributed by atoms with E-state index in [1.807, 2.05) is 62.1 Å². The van der Waals surface area contributed by atoms with Crippen LogP contribution in [0.25, 0.3) is 28.3 Å². The Hall–Kier alpha value is -4.30. The van der Waals surface area contributed by atoms with Gasteiger partial charge in [-0.3, -0.25) is 14.6 Å². The number of aryl methyl sites for hydroxylation is 2. The van der Waals surface area contributed by atoms with Gasteiger partial charge < -0.3 is 19.8 Å². The first-order valence-electron chi connectivity index (χ1n) is 13.0. The smallest absolute Gasteiger partial charge is 0.256 e. The summed E-state index contributed by atoms with van der Waals surface area (Å²) in [7, 11) is 0. The first-order valence-corrected chi connectivity index (χ1v) is 13.0. The summed E-state index contributed by atoms with van der Waals surface area (Å²) in [5.41, 5.74) is 10.1. The number of rotatable bonds is 7. The Morgan fingerprint density at radius 2 is 1.95 bits per heavy atom. The van der Waals surface area contributed by atoms with Crippen molar-refractivity contribution >= 4 is 34.6 Å². The van der Waals surface area contributed by atoms with Crippen molar-refractivity contribution in [3.05, 3.63) is 83.4 Å². The fraction of sp³-hybridized carbons (Fsp3) is 0.290. The highest BCUT2D eigenvalue weighted by Gasteiger charge is 2.34. The van der Waals surface area contributed by atoms with Crippen molar-refractivity contribution in [1.29, 1.82) is 0 Å². The van der Waals surface area contributed by atoms with Gasteiger partial charge in [-0.25, -0.2) is 4.98 Å². The minimum atomic E-state index is -0.357. The van der Waals surface area contributed by atoms with Crippen LogP contribution < -0.4 is 5.73 Å². The molecule has 0 unspecified atom stereocenters. The summed E-state index contributed by atoms with van der Waals surface area (Å²) >= 11 is 0. The fourth-order valence-electron chi connectivity index (χ4n) is 4.77. The van der Waals surface area contributed by atoms with E-state index < -0.39 is 0 Å². The number of ketones is 1. The number of pyridine rings is 2. The lowest BCUT2D eigenvalue weighted by Crippen LogP contribution is -2.55. The second kappa shape index (κ2) is 10.8. The predicted octanol–water partition coefficient (Wildman–Crippen LogP) is 5.25. The molecule has 8 nitrogen and oxygen atoms in total. The van der Waals surface area contributed by atoms with E-state index in [1.54, 1.807) is 30.6 Å². The van der Waals surface area contributed by atoms with Gasteiger partial charge in [0.05, 0.1) is 30.0 Å². The number of nitrogen functional groups attached to an aromatic ring is 1. The zero-order valence-corrected chi connectivity index (χ0v) is 22.4. The number of fused-ring (bicyclic) bond motifs is 1. The number of anilines is 1. The van der Waals surface area contributed by atoms with E-state index in [0.717, 1.165) is 39.1 Å². The monoisotopic (exact) mass is 524 g/mol. The first-order chi connectivity index (χ1) is 18.7. The third-order valence-electron chi connectivity index (χ3n) is 6.94. The molecule has 1 amide bonds. The van der Waals surface area contributed by atoms with Crippen LogP contribution in [0.1, 0.15) is 47.5 Å². The number of amides is 1. The fourth-order valence-corrected chi connectivity index (χ4v) is 4.77. The molecule has 1 aromatic carbocycles. The van der Waals surface area contributed by atoms with Gasteiger partial charge in [0.1, 0.15) is 17.2 Å². The van der Waals surface area contributed by atoms with Crippen LogP contribution in [0.2, 0.25) is 0 Å². The number of allylic oxidation sites excluding steroid dienone is 1. The van der Waals surface area contributed by atoms with E-state index >= 15 is 0 Å². The summed E-state index contributed by atoms with van der Waals surface area (Å²) in [6.07, 6.45) is 7.39. The van der Waals surface area contributed by atoms with Gasteiger partial charge in [-0.2, -0.15) is 0 Å². The molecule has 0 saturated carbocycles. The number of nitrogens with zero attached hydrogens (tertiary/aromatic N) is 3. The largest absolute Gasteiger partial charge is 0.461 e. The summed E-state index contributed by atoms with van der Waals surface area (Å²) in [4.78, 5) is 36.0. The SMILES string of the molecule is Cc1cc(-c2ccc(C(=O)N3CCOCC3(C)C)cn2)cc2cc(CCC(=O)/C=C/c3ccc(N)nc3)oc12. The normalized spacial score (nSPS) is 15.2. The number of ether oxygens (including phenoxy) is 1. The van der Waals surface area contributed by atoms with E-state index in [4.69, 9.17) is 14.9 Å². The molecule has 1 fully saturated rings. The molecule has 0 spiro atoms. The molecule has 39 heavy (non-hydrogen) atoms. The highest BCUT2D eigenvalue weighted by molar-refractivity contribution is 5.95. The summed E-state index contributed by atoms with van der Waals surface area (Å²) in [5.74, 6) is 1.16. The van der Waals surface area contributed by atoms with Crippen LogP contribution >= 0.6 is 0 Å². The Morgan fingerprint density at radius 1 is 1.10 bits per heavy atom. The number of aromatic nitrogens is 2. The molecule has 4 aromatic rings. The third kappa shape index (κ3) is 5.91. The molecular weight excluding hydrogens is 492 g/mol. The number of benzene rings is 1. The highest BCUT2D eigenvalue weighted by Crippen LogP contribution is 2.30. The maximum atomic E-state index is 13.1. The van der Waals surface area contributed by atoms with Gasteiger partial charge in [0.15, 0.2) is 5.78 Å².